The minimum absolute atomic E-state index is 0.0133. The third-order valence-corrected chi connectivity index (χ3v) is 6.49. The van der Waals surface area contributed by atoms with E-state index in [1.807, 2.05) is 0 Å². The van der Waals surface area contributed by atoms with Gasteiger partial charge in [0.15, 0.2) is 0 Å². The minimum atomic E-state index is -1.29. The van der Waals surface area contributed by atoms with Gasteiger partial charge in [-0.3, -0.25) is 19.2 Å². The van der Waals surface area contributed by atoms with Gasteiger partial charge in [0.25, 0.3) is 0 Å². The molecular formula is C27H33N5O7. The lowest BCUT2D eigenvalue weighted by atomic mass is 10.0. The highest BCUT2D eigenvalue weighted by Crippen LogP contribution is 2.20. The number of benzene rings is 2. The number of carbonyl (C=O) groups is 5. The summed E-state index contributed by atoms with van der Waals surface area (Å²) in [6, 6.07) is 10.3. The topological polar surface area (TPSA) is 205 Å². The second-order valence-corrected chi connectivity index (χ2v) is 9.49. The molecule has 0 aliphatic carbocycles. The SMILES string of the molecule is NC(=O)CC(N)C(=O)NC(Cc1ccc(O)cc1)C(=O)NC(Cc1ccccc1)C(=O)N1CCCC1C(=O)O. The van der Waals surface area contributed by atoms with Crippen molar-refractivity contribution in [2.45, 2.75) is 56.3 Å². The summed E-state index contributed by atoms with van der Waals surface area (Å²) in [5, 5.41) is 24.4. The number of rotatable bonds is 12. The van der Waals surface area contributed by atoms with Crippen LogP contribution in [0.25, 0.3) is 0 Å². The Bertz CT molecular complexity index is 1190. The van der Waals surface area contributed by atoms with Crippen molar-refractivity contribution in [2.75, 3.05) is 6.54 Å². The molecule has 3 rings (SSSR count). The Kier molecular flexibility index (Phi) is 9.98. The minimum Gasteiger partial charge on any atom is -0.508 e. The number of aromatic hydroxyl groups is 1. The number of carboxylic acids is 1. The Hall–Kier alpha value is -4.45. The zero-order chi connectivity index (χ0) is 28.5. The number of hydrogen-bond acceptors (Lipinski definition) is 7. The number of primary amides is 1. The smallest absolute Gasteiger partial charge is 0.326 e. The highest BCUT2D eigenvalue weighted by molar-refractivity contribution is 5.95. The van der Waals surface area contributed by atoms with Crippen molar-refractivity contribution in [3.63, 3.8) is 0 Å². The van der Waals surface area contributed by atoms with Crippen LogP contribution in [0.1, 0.15) is 30.4 Å². The van der Waals surface area contributed by atoms with Crippen molar-refractivity contribution >= 4 is 29.6 Å². The first-order valence-corrected chi connectivity index (χ1v) is 12.5. The second kappa shape index (κ2) is 13.4. The molecule has 39 heavy (non-hydrogen) atoms. The van der Waals surface area contributed by atoms with E-state index in [1.54, 1.807) is 42.5 Å². The fourth-order valence-corrected chi connectivity index (χ4v) is 4.47. The Labute approximate surface area is 225 Å². The van der Waals surface area contributed by atoms with E-state index in [9.17, 15) is 34.2 Å². The van der Waals surface area contributed by atoms with E-state index >= 15 is 0 Å². The monoisotopic (exact) mass is 539 g/mol. The molecule has 4 amide bonds. The largest absolute Gasteiger partial charge is 0.508 e. The quantitative estimate of drug-likeness (QED) is 0.205. The number of carboxylic acid groups (broad SMARTS) is 1. The predicted molar refractivity (Wildman–Crippen MR) is 140 cm³/mol. The molecule has 12 heteroatoms. The Morgan fingerprint density at radius 2 is 1.49 bits per heavy atom. The van der Waals surface area contributed by atoms with Gasteiger partial charge in [-0.05, 0) is 36.1 Å². The first-order chi connectivity index (χ1) is 18.5. The molecule has 0 radical (unpaired) electrons. The van der Waals surface area contributed by atoms with E-state index in [2.05, 4.69) is 10.6 Å². The number of nitrogens with two attached hydrogens (primary N) is 2. The van der Waals surface area contributed by atoms with Gasteiger partial charge in [0.05, 0.1) is 12.5 Å². The Balaban J connectivity index is 1.86. The van der Waals surface area contributed by atoms with Crippen LogP contribution < -0.4 is 22.1 Å². The van der Waals surface area contributed by atoms with Crippen LogP contribution in [0.2, 0.25) is 0 Å². The van der Waals surface area contributed by atoms with Crippen LogP contribution in [-0.4, -0.2) is 75.4 Å². The standard InChI is InChI=1S/C27H33N5O7/c28-19(15-23(29)34)24(35)30-20(13-17-8-10-18(33)11-9-17)25(36)31-21(14-16-5-2-1-3-6-16)26(37)32-12-4-7-22(32)27(38)39/h1-3,5-6,8-11,19-22,33H,4,7,12-15,28H2,(H2,29,34)(H,30,35)(H,31,36)(H,38,39). The van der Waals surface area contributed by atoms with E-state index in [1.165, 1.54) is 17.0 Å². The molecule has 12 nitrogen and oxygen atoms in total. The molecule has 2 aromatic carbocycles. The number of likely N-dealkylation sites (tertiary alicyclic amines) is 1. The van der Waals surface area contributed by atoms with Crippen molar-refractivity contribution in [1.82, 2.24) is 15.5 Å². The number of phenolic OH excluding ortho intramolecular Hbond substituents is 1. The van der Waals surface area contributed by atoms with Gasteiger partial charge < -0.3 is 37.2 Å². The summed E-state index contributed by atoms with van der Waals surface area (Å²) in [4.78, 5) is 63.9. The van der Waals surface area contributed by atoms with Crippen LogP contribution in [0.3, 0.4) is 0 Å². The Morgan fingerprint density at radius 1 is 0.897 bits per heavy atom. The molecule has 1 aliphatic rings. The molecule has 2 aromatic rings. The van der Waals surface area contributed by atoms with E-state index in [0.29, 0.717) is 18.4 Å². The fraction of sp³-hybridized carbons (Fsp3) is 0.370. The summed E-state index contributed by atoms with van der Waals surface area (Å²) in [5.74, 6) is -3.93. The maximum Gasteiger partial charge on any atom is 0.326 e. The summed E-state index contributed by atoms with van der Waals surface area (Å²) in [7, 11) is 0. The van der Waals surface area contributed by atoms with Gasteiger partial charge in [0.1, 0.15) is 23.9 Å². The van der Waals surface area contributed by atoms with Gasteiger partial charge in [0.2, 0.25) is 23.6 Å². The lowest BCUT2D eigenvalue weighted by Crippen LogP contribution is -2.58. The maximum absolute atomic E-state index is 13.5. The molecule has 4 unspecified atom stereocenters. The van der Waals surface area contributed by atoms with Gasteiger partial charge in [-0.1, -0.05) is 42.5 Å². The molecule has 0 bridgehead atoms. The number of nitrogens with one attached hydrogen (secondary N) is 2. The van der Waals surface area contributed by atoms with Crippen LogP contribution in [0.5, 0.6) is 5.75 Å². The number of aliphatic carboxylic acids is 1. The van der Waals surface area contributed by atoms with Gasteiger partial charge in [-0.25, -0.2) is 4.79 Å². The number of hydrogen-bond donors (Lipinski definition) is 6. The van der Waals surface area contributed by atoms with Gasteiger partial charge in [-0.2, -0.15) is 0 Å². The van der Waals surface area contributed by atoms with Gasteiger partial charge in [-0.15, -0.1) is 0 Å². The number of amides is 4. The summed E-state index contributed by atoms with van der Waals surface area (Å²) < 4.78 is 0. The molecule has 208 valence electrons. The molecule has 0 spiro atoms. The van der Waals surface area contributed by atoms with Crippen LogP contribution >= 0.6 is 0 Å². The van der Waals surface area contributed by atoms with Crippen LogP contribution in [0, 0.1) is 0 Å². The third kappa shape index (κ3) is 8.27. The predicted octanol–water partition coefficient (Wildman–Crippen LogP) is -0.575. The molecule has 1 fully saturated rings. The number of nitrogens with zero attached hydrogens (tertiary/aromatic N) is 1. The average Bonchev–Trinajstić information content (AvgIpc) is 3.39. The van der Waals surface area contributed by atoms with E-state index < -0.39 is 60.2 Å². The van der Waals surface area contributed by atoms with Crippen molar-refractivity contribution in [1.29, 1.82) is 0 Å². The zero-order valence-corrected chi connectivity index (χ0v) is 21.3. The fourth-order valence-electron chi connectivity index (χ4n) is 4.47. The van der Waals surface area contributed by atoms with E-state index in [-0.39, 0.29) is 25.1 Å². The van der Waals surface area contributed by atoms with Crippen LogP contribution in [0.4, 0.5) is 0 Å². The van der Waals surface area contributed by atoms with Gasteiger partial charge in [0, 0.05) is 19.4 Å². The zero-order valence-electron chi connectivity index (χ0n) is 21.3. The van der Waals surface area contributed by atoms with E-state index in [0.717, 1.165) is 5.56 Å². The molecule has 1 heterocycles. The average molecular weight is 540 g/mol. The summed E-state index contributed by atoms with van der Waals surface area (Å²) in [6.07, 6.45) is 0.473. The lowest BCUT2D eigenvalue weighted by Gasteiger charge is -2.29. The highest BCUT2D eigenvalue weighted by Gasteiger charge is 2.38. The summed E-state index contributed by atoms with van der Waals surface area (Å²) in [6.45, 7) is 0.243. The van der Waals surface area contributed by atoms with E-state index in [4.69, 9.17) is 11.5 Å². The first kappa shape index (κ1) is 29.1. The molecule has 8 N–H and O–H groups in total. The third-order valence-electron chi connectivity index (χ3n) is 6.49. The lowest BCUT2D eigenvalue weighted by molar-refractivity contribution is -0.149. The molecular weight excluding hydrogens is 506 g/mol. The second-order valence-electron chi connectivity index (χ2n) is 9.49. The van der Waals surface area contributed by atoms with Crippen molar-refractivity contribution < 1.29 is 34.2 Å². The number of carbonyl (C=O) groups excluding carboxylic acids is 4. The van der Waals surface area contributed by atoms with Crippen molar-refractivity contribution in [3.05, 3.63) is 65.7 Å². The summed E-state index contributed by atoms with van der Waals surface area (Å²) >= 11 is 0. The molecule has 1 aliphatic heterocycles. The maximum atomic E-state index is 13.5. The van der Waals surface area contributed by atoms with Crippen molar-refractivity contribution in [2.24, 2.45) is 11.5 Å². The Morgan fingerprint density at radius 3 is 2.10 bits per heavy atom. The molecule has 0 aromatic heterocycles. The van der Waals surface area contributed by atoms with Crippen LogP contribution in [0.15, 0.2) is 54.6 Å². The molecule has 1 saturated heterocycles. The molecule has 4 atom stereocenters. The first-order valence-electron chi connectivity index (χ1n) is 12.5. The molecule has 0 saturated carbocycles. The normalized spacial score (nSPS) is 17.1. The van der Waals surface area contributed by atoms with Crippen LogP contribution in [-0.2, 0) is 36.8 Å². The highest BCUT2D eigenvalue weighted by atomic mass is 16.4. The van der Waals surface area contributed by atoms with Gasteiger partial charge >= 0.3 is 5.97 Å². The summed E-state index contributed by atoms with van der Waals surface area (Å²) in [5.41, 5.74) is 12.2. The number of phenols is 1. The van der Waals surface area contributed by atoms with Crippen molar-refractivity contribution in [3.8, 4) is 5.75 Å².